The van der Waals surface area contributed by atoms with E-state index in [1.807, 2.05) is 38.1 Å². The monoisotopic (exact) mass is 237 g/mol. The fraction of sp³-hybridized carbons (Fsp3) is 0.571. The second kappa shape index (κ2) is 7.30. The SMILES string of the molecule is CCCOc1ccccc1C(N)C(C)OCC. The van der Waals surface area contributed by atoms with Crippen LogP contribution in [0.3, 0.4) is 0 Å². The third-order valence-corrected chi connectivity index (χ3v) is 2.68. The molecular weight excluding hydrogens is 214 g/mol. The molecule has 2 N–H and O–H groups in total. The Morgan fingerprint density at radius 3 is 2.59 bits per heavy atom. The van der Waals surface area contributed by atoms with Gasteiger partial charge in [-0.15, -0.1) is 0 Å². The molecule has 96 valence electrons. The van der Waals surface area contributed by atoms with Crippen LogP contribution in [0, 0.1) is 0 Å². The van der Waals surface area contributed by atoms with E-state index in [2.05, 4.69) is 6.92 Å². The average Bonchev–Trinajstić information content (AvgIpc) is 2.36. The van der Waals surface area contributed by atoms with Crippen molar-refractivity contribution in [1.82, 2.24) is 0 Å². The molecule has 0 aromatic heterocycles. The average molecular weight is 237 g/mol. The van der Waals surface area contributed by atoms with Crippen molar-refractivity contribution in [3.05, 3.63) is 29.8 Å². The molecule has 17 heavy (non-hydrogen) atoms. The summed E-state index contributed by atoms with van der Waals surface area (Å²) in [5.41, 5.74) is 7.21. The molecule has 3 heteroatoms. The molecule has 1 aromatic rings. The molecule has 0 amide bonds. The number of rotatable bonds is 7. The van der Waals surface area contributed by atoms with Gasteiger partial charge in [0.1, 0.15) is 5.75 Å². The summed E-state index contributed by atoms with van der Waals surface area (Å²) in [6.07, 6.45) is 0.983. The molecule has 3 nitrogen and oxygen atoms in total. The fourth-order valence-corrected chi connectivity index (χ4v) is 1.72. The lowest BCUT2D eigenvalue weighted by Gasteiger charge is -2.22. The maximum Gasteiger partial charge on any atom is 0.124 e. The molecule has 0 spiro atoms. The van der Waals surface area contributed by atoms with Gasteiger partial charge in [0, 0.05) is 12.2 Å². The zero-order chi connectivity index (χ0) is 12.7. The molecule has 0 saturated carbocycles. The highest BCUT2D eigenvalue weighted by Gasteiger charge is 2.18. The molecule has 1 rings (SSSR count). The minimum atomic E-state index is -0.150. The van der Waals surface area contributed by atoms with Crippen molar-refractivity contribution in [2.24, 2.45) is 5.73 Å². The van der Waals surface area contributed by atoms with Gasteiger partial charge in [0.15, 0.2) is 0 Å². The first kappa shape index (κ1) is 14.0. The van der Waals surface area contributed by atoms with Crippen molar-refractivity contribution in [3.63, 3.8) is 0 Å². The first-order valence-electron chi connectivity index (χ1n) is 6.29. The lowest BCUT2D eigenvalue weighted by Crippen LogP contribution is -2.26. The number of benzene rings is 1. The van der Waals surface area contributed by atoms with Gasteiger partial charge in [0.2, 0.25) is 0 Å². The Kier molecular flexibility index (Phi) is 6.01. The van der Waals surface area contributed by atoms with E-state index in [-0.39, 0.29) is 12.1 Å². The normalized spacial score (nSPS) is 14.4. The Balaban J connectivity index is 2.80. The summed E-state index contributed by atoms with van der Waals surface area (Å²) in [5, 5.41) is 0. The van der Waals surface area contributed by atoms with Crippen molar-refractivity contribution in [2.75, 3.05) is 13.2 Å². The molecule has 2 unspecified atom stereocenters. The van der Waals surface area contributed by atoms with E-state index in [9.17, 15) is 0 Å². The number of hydrogen-bond acceptors (Lipinski definition) is 3. The van der Waals surface area contributed by atoms with Crippen LogP contribution in [0.4, 0.5) is 0 Å². The van der Waals surface area contributed by atoms with Crippen molar-refractivity contribution >= 4 is 0 Å². The van der Waals surface area contributed by atoms with Crippen LogP contribution in [-0.4, -0.2) is 19.3 Å². The van der Waals surface area contributed by atoms with E-state index in [1.54, 1.807) is 0 Å². The fourth-order valence-electron chi connectivity index (χ4n) is 1.72. The van der Waals surface area contributed by atoms with E-state index in [0.717, 1.165) is 17.7 Å². The molecule has 0 fully saturated rings. The molecule has 0 aliphatic carbocycles. The summed E-state index contributed by atoms with van der Waals surface area (Å²) < 4.78 is 11.2. The highest BCUT2D eigenvalue weighted by atomic mass is 16.5. The van der Waals surface area contributed by atoms with Crippen molar-refractivity contribution in [3.8, 4) is 5.75 Å². The molecule has 1 aromatic carbocycles. The predicted molar refractivity (Wildman–Crippen MR) is 70.2 cm³/mol. The van der Waals surface area contributed by atoms with Crippen molar-refractivity contribution < 1.29 is 9.47 Å². The third-order valence-electron chi connectivity index (χ3n) is 2.68. The van der Waals surface area contributed by atoms with Gasteiger partial charge >= 0.3 is 0 Å². The van der Waals surface area contributed by atoms with Crippen LogP contribution in [0.25, 0.3) is 0 Å². The van der Waals surface area contributed by atoms with Crippen LogP contribution >= 0.6 is 0 Å². The number of nitrogens with two attached hydrogens (primary N) is 1. The van der Waals surface area contributed by atoms with Gasteiger partial charge in [-0.25, -0.2) is 0 Å². The Morgan fingerprint density at radius 1 is 1.24 bits per heavy atom. The van der Waals surface area contributed by atoms with Gasteiger partial charge < -0.3 is 15.2 Å². The van der Waals surface area contributed by atoms with Crippen LogP contribution in [0.1, 0.15) is 38.8 Å². The molecule has 0 radical (unpaired) electrons. The highest BCUT2D eigenvalue weighted by Crippen LogP contribution is 2.26. The van der Waals surface area contributed by atoms with E-state index in [4.69, 9.17) is 15.2 Å². The van der Waals surface area contributed by atoms with Gasteiger partial charge in [-0.3, -0.25) is 0 Å². The molecule has 0 aliphatic rings. The lowest BCUT2D eigenvalue weighted by molar-refractivity contribution is 0.0567. The van der Waals surface area contributed by atoms with E-state index in [1.165, 1.54) is 0 Å². The Hall–Kier alpha value is -1.06. The number of para-hydroxylation sites is 1. The van der Waals surface area contributed by atoms with Crippen molar-refractivity contribution in [2.45, 2.75) is 39.3 Å². The lowest BCUT2D eigenvalue weighted by atomic mass is 10.0. The van der Waals surface area contributed by atoms with Gasteiger partial charge in [-0.1, -0.05) is 25.1 Å². The molecule has 0 bridgehead atoms. The van der Waals surface area contributed by atoms with Crippen LogP contribution < -0.4 is 10.5 Å². The van der Waals surface area contributed by atoms with Gasteiger partial charge in [0.05, 0.1) is 18.8 Å². The van der Waals surface area contributed by atoms with Crippen LogP contribution in [0.2, 0.25) is 0 Å². The molecular formula is C14H23NO2. The smallest absolute Gasteiger partial charge is 0.124 e. The van der Waals surface area contributed by atoms with Gasteiger partial charge in [-0.05, 0) is 26.3 Å². The molecule has 0 aliphatic heterocycles. The Labute approximate surface area is 104 Å². The van der Waals surface area contributed by atoms with E-state index < -0.39 is 0 Å². The zero-order valence-corrected chi connectivity index (χ0v) is 11.0. The minimum absolute atomic E-state index is 0.00798. The summed E-state index contributed by atoms with van der Waals surface area (Å²) in [6.45, 7) is 7.44. The van der Waals surface area contributed by atoms with E-state index in [0.29, 0.717) is 13.2 Å². The first-order chi connectivity index (χ1) is 8.20. The van der Waals surface area contributed by atoms with Crippen LogP contribution in [0.5, 0.6) is 5.75 Å². The Bertz CT molecular complexity index is 328. The summed E-state index contributed by atoms with van der Waals surface area (Å²) in [5.74, 6) is 0.869. The zero-order valence-electron chi connectivity index (χ0n) is 11.0. The van der Waals surface area contributed by atoms with Gasteiger partial charge in [-0.2, -0.15) is 0 Å². The topological polar surface area (TPSA) is 44.5 Å². The predicted octanol–water partition coefficient (Wildman–Crippen LogP) is 2.90. The quantitative estimate of drug-likeness (QED) is 0.793. The van der Waals surface area contributed by atoms with Crippen LogP contribution in [-0.2, 0) is 4.74 Å². The summed E-state index contributed by atoms with van der Waals surface area (Å²) >= 11 is 0. The number of hydrogen-bond donors (Lipinski definition) is 1. The largest absolute Gasteiger partial charge is 0.493 e. The van der Waals surface area contributed by atoms with Crippen LogP contribution in [0.15, 0.2) is 24.3 Å². The molecule has 0 saturated heterocycles. The maximum absolute atomic E-state index is 6.19. The standard InChI is InChI=1S/C14H23NO2/c1-4-10-17-13-9-7-6-8-12(13)14(15)11(3)16-5-2/h6-9,11,14H,4-5,10,15H2,1-3H3. The first-order valence-corrected chi connectivity index (χ1v) is 6.29. The second-order valence-corrected chi connectivity index (χ2v) is 4.07. The van der Waals surface area contributed by atoms with Crippen molar-refractivity contribution in [1.29, 1.82) is 0 Å². The summed E-state index contributed by atoms with van der Waals surface area (Å²) in [4.78, 5) is 0. The summed E-state index contributed by atoms with van der Waals surface area (Å²) in [7, 11) is 0. The summed E-state index contributed by atoms with van der Waals surface area (Å²) in [6, 6.07) is 7.76. The van der Waals surface area contributed by atoms with Gasteiger partial charge in [0.25, 0.3) is 0 Å². The minimum Gasteiger partial charge on any atom is -0.493 e. The third kappa shape index (κ3) is 4.02. The number of ether oxygens (including phenoxy) is 2. The second-order valence-electron chi connectivity index (χ2n) is 4.07. The highest BCUT2D eigenvalue weighted by molar-refractivity contribution is 5.36. The van der Waals surface area contributed by atoms with E-state index >= 15 is 0 Å². The maximum atomic E-state index is 6.19. The molecule has 0 heterocycles. The Morgan fingerprint density at radius 2 is 1.94 bits per heavy atom. The molecule has 2 atom stereocenters.